The molecule has 0 unspecified atom stereocenters. The van der Waals surface area contributed by atoms with Crippen molar-refractivity contribution in [2.24, 2.45) is 0 Å². The summed E-state index contributed by atoms with van der Waals surface area (Å²) < 4.78 is 3.22. The lowest BCUT2D eigenvalue weighted by atomic mass is 10.3. The van der Waals surface area contributed by atoms with Gasteiger partial charge in [-0.3, -0.25) is 0 Å². The molecule has 0 spiro atoms. The number of aromatic nitrogens is 1. The van der Waals surface area contributed by atoms with E-state index < -0.39 is 0 Å². The smallest absolute Gasteiger partial charge is 0.0583 e. The van der Waals surface area contributed by atoms with Crippen LogP contribution in [0.4, 0.5) is 0 Å². The standard InChI is InChI=1S/C10H7ClIN/c11-8-3-4-10(9(12)7-8)13-5-1-2-6-13/h1-7H. The van der Waals surface area contributed by atoms with Crippen LogP contribution in [0.25, 0.3) is 5.69 Å². The van der Waals surface area contributed by atoms with Gasteiger partial charge in [-0.25, -0.2) is 0 Å². The Morgan fingerprint density at radius 1 is 1.15 bits per heavy atom. The molecule has 0 amide bonds. The van der Waals surface area contributed by atoms with E-state index in [1.165, 1.54) is 0 Å². The maximum absolute atomic E-state index is 5.86. The van der Waals surface area contributed by atoms with Crippen LogP contribution in [0, 0.1) is 3.57 Å². The van der Waals surface area contributed by atoms with Crippen LogP contribution in [0.1, 0.15) is 0 Å². The van der Waals surface area contributed by atoms with E-state index in [4.69, 9.17) is 11.6 Å². The van der Waals surface area contributed by atoms with Crippen molar-refractivity contribution in [3.63, 3.8) is 0 Å². The van der Waals surface area contributed by atoms with E-state index in [0.29, 0.717) is 0 Å². The number of benzene rings is 1. The Morgan fingerprint density at radius 3 is 2.46 bits per heavy atom. The molecule has 0 radical (unpaired) electrons. The van der Waals surface area contributed by atoms with Gasteiger partial charge in [0.1, 0.15) is 0 Å². The predicted octanol–water partition coefficient (Wildman–Crippen LogP) is 3.74. The van der Waals surface area contributed by atoms with Gasteiger partial charge in [-0.2, -0.15) is 0 Å². The summed E-state index contributed by atoms with van der Waals surface area (Å²) in [7, 11) is 0. The normalized spacial score (nSPS) is 10.3. The first-order valence-electron chi connectivity index (χ1n) is 3.86. The molecule has 0 atom stereocenters. The van der Waals surface area contributed by atoms with Gasteiger partial charge in [-0.05, 0) is 52.9 Å². The first kappa shape index (κ1) is 9.09. The zero-order chi connectivity index (χ0) is 9.26. The molecule has 13 heavy (non-hydrogen) atoms. The highest BCUT2D eigenvalue weighted by Gasteiger charge is 2.00. The van der Waals surface area contributed by atoms with E-state index in [-0.39, 0.29) is 0 Å². The lowest BCUT2D eigenvalue weighted by Gasteiger charge is -2.05. The molecule has 0 N–H and O–H groups in total. The first-order valence-corrected chi connectivity index (χ1v) is 5.31. The summed E-state index contributed by atoms with van der Waals surface area (Å²) in [6, 6.07) is 9.88. The number of nitrogens with zero attached hydrogens (tertiary/aromatic N) is 1. The largest absolute Gasteiger partial charge is 0.323 e. The van der Waals surface area contributed by atoms with Gasteiger partial charge in [0.2, 0.25) is 0 Å². The number of rotatable bonds is 1. The van der Waals surface area contributed by atoms with Gasteiger partial charge < -0.3 is 4.57 Å². The Morgan fingerprint density at radius 2 is 1.85 bits per heavy atom. The van der Waals surface area contributed by atoms with E-state index in [1.54, 1.807) is 0 Å². The van der Waals surface area contributed by atoms with Gasteiger partial charge in [-0.15, -0.1) is 0 Å². The lowest BCUT2D eigenvalue weighted by molar-refractivity contribution is 1.07. The van der Waals surface area contributed by atoms with Gasteiger partial charge in [0.25, 0.3) is 0 Å². The van der Waals surface area contributed by atoms with E-state index in [1.807, 2.05) is 42.7 Å². The van der Waals surface area contributed by atoms with Crippen molar-refractivity contribution in [1.82, 2.24) is 4.57 Å². The highest BCUT2D eigenvalue weighted by molar-refractivity contribution is 14.1. The number of halogens is 2. The minimum absolute atomic E-state index is 0.778. The molecule has 2 rings (SSSR count). The minimum Gasteiger partial charge on any atom is -0.323 e. The minimum atomic E-state index is 0.778. The van der Waals surface area contributed by atoms with Gasteiger partial charge in [-0.1, -0.05) is 11.6 Å². The Hall–Kier alpha value is -0.480. The molecule has 0 aliphatic heterocycles. The second-order valence-electron chi connectivity index (χ2n) is 2.69. The summed E-state index contributed by atoms with van der Waals surface area (Å²) >= 11 is 8.15. The third-order valence-electron chi connectivity index (χ3n) is 1.79. The summed E-state index contributed by atoms with van der Waals surface area (Å²) in [5.41, 5.74) is 1.16. The van der Waals surface area contributed by atoms with Crippen molar-refractivity contribution in [2.45, 2.75) is 0 Å². The maximum Gasteiger partial charge on any atom is 0.0583 e. The summed E-state index contributed by atoms with van der Waals surface area (Å²) in [6.45, 7) is 0. The Labute approximate surface area is 95.5 Å². The van der Waals surface area contributed by atoms with Crippen LogP contribution in [0.2, 0.25) is 5.02 Å². The second-order valence-corrected chi connectivity index (χ2v) is 4.28. The molecule has 1 aromatic carbocycles. The molecule has 2 aromatic rings. The average Bonchev–Trinajstić information content (AvgIpc) is 2.56. The fraction of sp³-hybridized carbons (Fsp3) is 0. The van der Waals surface area contributed by atoms with Crippen LogP contribution in [0.5, 0.6) is 0 Å². The summed E-state index contributed by atoms with van der Waals surface area (Å²) in [6.07, 6.45) is 4.04. The summed E-state index contributed by atoms with van der Waals surface area (Å²) in [5, 5.41) is 0.778. The van der Waals surface area contributed by atoms with Crippen LogP contribution in [-0.4, -0.2) is 4.57 Å². The second kappa shape index (κ2) is 3.72. The molecular weight excluding hydrogens is 296 g/mol. The van der Waals surface area contributed by atoms with E-state index in [2.05, 4.69) is 27.2 Å². The van der Waals surface area contributed by atoms with Crippen molar-refractivity contribution in [3.05, 3.63) is 51.3 Å². The van der Waals surface area contributed by atoms with Gasteiger partial charge in [0.05, 0.1) is 5.69 Å². The molecule has 0 aliphatic carbocycles. The zero-order valence-corrected chi connectivity index (χ0v) is 9.66. The maximum atomic E-state index is 5.86. The highest BCUT2D eigenvalue weighted by atomic mass is 127. The molecule has 1 aromatic heterocycles. The van der Waals surface area contributed by atoms with Gasteiger partial charge in [0.15, 0.2) is 0 Å². The van der Waals surface area contributed by atoms with Crippen LogP contribution < -0.4 is 0 Å². The van der Waals surface area contributed by atoms with E-state index in [9.17, 15) is 0 Å². The third kappa shape index (κ3) is 1.89. The van der Waals surface area contributed by atoms with Crippen molar-refractivity contribution in [2.75, 3.05) is 0 Å². The molecule has 0 aliphatic rings. The van der Waals surface area contributed by atoms with Crippen LogP contribution in [0.15, 0.2) is 42.7 Å². The van der Waals surface area contributed by atoms with Crippen LogP contribution in [0.3, 0.4) is 0 Å². The van der Waals surface area contributed by atoms with E-state index in [0.717, 1.165) is 14.3 Å². The topological polar surface area (TPSA) is 4.93 Å². The van der Waals surface area contributed by atoms with Crippen molar-refractivity contribution in [1.29, 1.82) is 0 Å². The monoisotopic (exact) mass is 303 g/mol. The molecule has 1 nitrogen and oxygen atoms in total. The zero-order valence-electron chi connectivity index (χ0n) is 6.74. The van der Waals surface area contributed by atoms with Crippen molar-refractivity contribution >= 4 is 34.2 Å². The molecule has 0 saturated heterocycles. The number of hydrogen-bond acceptors (Lipinski definition) is 0. The molecule has 66 valence electrons. The van der Waals surface area contributed by atoms with Gasteiger partial charge >= 0.3 is 0 Å². The summed E-state index contributed by atoms with van der Waals surface area (Å²) in [4.78, 5) is 0. The Balaban J connectivity index is 2.53. The quantitative estimate of drug-likeness (QED) is 0.707. The third-order valence-corrected chi connectivity index (χ3v) is 2.89. The Bertz CT molecular complexity index is 409. The molecule has 1 heterocycles. The first-order chi connectivity index (χ1) is 6.27. The van der Waals surface area contributed by atoms with Crippen molar-refractivity contribution in [3.8, 4) is 5.69 Å². The fourth-order valence-electron chi connectivity index (χ4n) is 1.19. The average molecular weight is 304 g/mol. The number of hydrogen-bond donors (Lipinski definition) is 0. The molecule has 0 bridgehead atoms. The molecule has 3 heteroatoms. The SMILES string of the molecule is Clc1ccc(-n2cccc2)c(I)c1. The summed E-state index contributed by atoms with van der Waals surface area (Å²) in [5.74, 6) is 0. The lowest BCUT2D eigenvalue weighted by Crippen LogP contribution is -1.92. The van der Waals surface area contributed by atoms with Crippen molar-refractivity contribution < 1.29 is 0 Å². The molecular formula is C10H7ClIN. The van der Waals surface area contributed by atoms with Gasteiger partial charge in [0, 0.05) is 21.0 Å². The molecule has 0 fully saturated rings. The fourth-order valence-corrected chi connectivity index (χ4v) is 2.34. The highest BCUT2D eigenvalue weighted by Crippen LogP contribution is 2.21. The van der Waals surface area contributed by atoms with E-state index >= 15 is 0 Å². The predicted molar refractivity (Wildman–Crippen MR) is 63.5 cm³/mol. The molecule has 0 saturated carbocycles. The van der Waals surface area contributed by atoms with Crippen LogP contribution >= 0.6 is 34.2 Å². The Kier molecular flexibility index (Phi) is 2.60. The van der Waals surface area contributed by atoms with Crippen LogP contribution in [-0.2, 0) is 0 Å².